The maximum atomic E-state index is 13.5. The fraction of sp³-hybridized carbons (Fsp3) is 0.100. The van der Waals surface area contributed by atoms with E-state index in [4.69, 9.17) is 0 Å². The summed E-state index contributed by atoms with van der Waals surface area (Å²) < 4.78 is 27.0. The van der Waals surface area contributed by atoms with Crippen molar-refractivity contribution < 1.29 is 23.5 Å². The van der Waals surface area contributed by atoms with Gasteiger partial charge < -0.3 is 10.0 Å². The van der Waals surface area contributed by atoms with E-state index in [2.05, 4.69) is 0 Å². The average Bonchev–Trinajstić information content (AvgIpc) is 3.06. The van der Waals surface area contributed by atoms with Crippen LogP contribution in [0.25, 0.3) is 10.4 Å². The van der Waals surface area contributed by atoms with Crippen LogP contribution in [-0.4, -0.2) is 24.0 Å². The fourth-order valence-electron chi connectivity index (χ4n) is 2.62. The van der Waals surface area contributed by atoms with Gasteiger partial charge in [0.2, 0.25) is 0 Å². The summed E-state index contributed by atoms with van der Waals surface area (Å²) in [6, 6.07) is 11.3. The minimum atomic E-state index is -1.22. The first-order chi connectivity index (χ1) is 12.8. The van der Waals surface area contributed by atoms with E-state index in [1.54, 1.807) is 24.3 Å². The Morgan fingerprint density at radius 3 is 2.15 bits per heavy atom. The third-order valence-corrected chi connectivity index (χ3v) is 5.18. The van der Waals surface area contributed by atoms with Gasteiger partial charge in [0.25, 0.3) is 5.91 Å². The molecule has 0 aliphatic heterocycles. The van der Waals surface area contributed by atoms with Gasteiger partial charge in [-0.15, -0.1) is 11.3 Å². The Morgan fingerprint density at radius 1 is 1.00 bits per heavy atom. The lowest BCUT2D eigenvalue weighted by Crippen LogP contribution is -2.27. The highest BCUT2D eigenvalue weighted by Gasteiger charge is 2.24. The van der Waals surface area contributed by atoms with Crippen LogP contribution < -0.4 is 4.90 Å². The zero-order chi connectivity index (χ0) is 19.7. The van der Waals surface area contributed by atoms with Crippen molar-refractivity contribution in [1.29, 1.82) is 0 Å². The molecule has 4 nitrogen and oxygen atoms in total. The summed E-state index contributed by atoms with van der Waals surface area (Å²) in [4.78, 5) is 25.8. The summed E-state index contributed by atoms with van der Waals surface area (Å²) >= 11 is 0.855. The van der Waals surface area contributed by atoms with Crippen molar-refractivity contribution in [3.8, 4) is 10.4 Å². The summed E-state index contributed by atoms with van der Waals surface area (Å²) in [6.45, 7) is 1.89. The summed E-state index contributed by atoms with van der Waals surface area (Å²) in [5.41, 5.74) is 1.77. The number of carboxylic acid groups (broad SMARTS) is 1. The van der Waals surface area contributed by atoms with Crippen LogP contribution in [0.3, 0.4) is 0 Å². The SMILES string of the molecule is Cc1ccc(C(=O)N(C)c2cc(-c3cc(F)cc(F)c3)sc2C(=O)O)cc1. The third kappa shape index (κ3) is 3.88. The molecule has 7 heteroatoms. The lowest BCUT2D eigenvalue weighted by Gasteiger charge is -2.17. The number of anilines is 1. The van der Waals surface area contributed by atoms with Gasteiger partial charge in [0.1, 0.15) is 16.5 Å². The van der Waals surface area contributed by atoms with Crippen LogP contribution >= 0.6 is 11.3 Å². The molecular weight excluding hydrogens is 372 g/mol. The van der Waals surface area contributed by atoms with E-state index in [0.717, 1.165) is 35.1 Å². The molecule has 1 aromatic heterocycles. The fourth-order valence-corrected chi connectivity index (χ4v) is 3.64. The standard InChI is InChI=1S/C20H15F2NO3S/c1-11-3-5-12(6-4-11)19(24)23(2)16-10-17(27-18(16)20(25)26)13-7-14(21)9-15(22)8-13/h3-10H,1-2H3,(H,25,26). The molecule has 0 unspecified atom stereocenters. The van der Waals surface area contributed by atoms with E-state index in [0.29, 0.717) is 10.4 Å². The molecule has 3 rings (SSSR count). The van der Waals surface area contributed by atoms with E-state index >= 15 is 0 Å². The van der Waals surface area contributed by atoms with Crippen molar-refractivity contribution in [3.05, 3.63) is 76.2 Å². The monoisotopic (exact) mass is 387 g/mol. The predicted octanol–water partition coefficient (Wildman–Crippen LogP) is 4.98. The van der Waals surface area contributed by atoms with Crippen LogP contribution in [0.1, 0.15) is 25.6 Å². The summed E-state index contributed by atoms with van der Waals surface area (Å²) in [7, 11) is 1.46. The van der Waals surface area contributed by atoms with Gasteiger partial charge in [0.05, 0.1) is 5.69 Å². The Balaban J connectivity index is 2.03. The first-order valence-corrected chi connectivity index (χ1v) is 8.76. The Kier molecular flexibility index (Phi) is 5.05. The molecule has 27 heavy (non-hydrogen) atoms. The first-order valence-electron chi connectivity index (χ1n) is 7.94. The molecule has 1 N–H and O–H groups in total. The maximum absolute atomic E-state index is 13.5. The third-order valence-electron chi connectivity index (χ3n) is 4.02. The molecule has 0 aliphatic rings. The number of carboxylic acids is 1. The number of carbonyl (C=O) groups excluding carboxylic acids is 1. The number of amides is 1. The van der Waals surface area contributed by atoms with Crippen molar-refractivity contribution in [2.75, 3.05) is 11.9 Å². The Morgan fingerprint density at radius 2 is 1.59 bits per heavy atom. The number of hydrogen-bond donors (Lipinski definition) is 1. The van der Waals surface area contributed by atoms with E-state index in [1.165, 1.54) is 18.0 Å². The Bertz CT molecular complexity index is 1010. The lowest BCUT2D eigenvalue weighted by atomic mass is 10.1. The Hall–Kier alpha value is -3.06. The summed E-state index contributed by atoms with van der Waals surface area (Å²) in [6.07, 6.45) is 0. The number of nitrogens with zero attached hydrogens (tertiary/aromatic N) is 1. The number of thiophene rings is 1. The highest BCUT2D eigenvalue weighted by atomic mass is 32.1. The predicted molar refractivity (Wildman–Crippen MR) is 101 cm³/mol. The topological polar surface area (TPSA) is 57.6 Å². The minimum absolute atomic E-state index is 0.0855. The molecule has 0 saturated carbocycles. The second-order valence-corrected chi connectivity index (χ2v) is 7.07. The highest BCUT2D eigenvalue weighted by molar-refractivity contribution is 7.18. The smallest absolute Gasteiger partial charge is 0.348 e. The van der Waals surface area contributed by atoms with Gasteiger partial charge in [0, 0.05) is 23.6 Å². The van der Waals surface area contributed by atoms with E-state index in [9.17, 15) is 23.5 Å². The Labute approximate surface area is 158 Å². The normalized spacial score (nSPS) is 10.7. The van der Waals surface area contributed by atoms with Crippen molar-refractivity contribution in [2.45, 2.75) is 6.92 Å². The number of halogens is 2. The molecule has 1 heterocycles. The van der Waals surface area contributed by atoms with Crippen molar-refractivity contribution in [3.63, 3.8) is 0 Å². The van der Waals surface area contributed by atoms with Gasteiger partial charge >= 0.3 is 5.97 Å². The molecule has 138 valence electrons. The van der Waals surface area contributed by atoms with Crippen molar-refractivity contribution >= 4 is 28.9 Å². The largest absolute Gasteiger partial charge is 0.477 e. The van der Waals surface area contributed by atoms with Crippen molar-refractivity contribution in [2.24, 2.45) is 0 Å². The molecule has 3 aromatic rings. The molecule has 1 amide bonds. The van der Waals surface area contributed by atoms with Crippen LogP contribution in [-0.2, 0) is 0 Å². The molecule has 0 bridgehead atoms. The second kappa shape index (κ2) is 7.28. The van der Waals surface area contributed by atoms with Gasteiger partial charge in [-0.25, -0.2) is 13.6 Å². The number of benzene rings is 2. The number of rotatable bonds is 4. The van der Waals surface area contributed by atoms with Crippen LogP contribution in [0.4, 0.5) is 14.5 Å². The molecule has 0 radical (unpaired) electrons. The highest BCUT2D eigenvalue weighted by Crippen LogP contribution is 2.37. The van der Waals surface area contributed by atoms with Gasteiger partial charge in [-0.2, -0.15) is 0 Å². The molecule has 0 atom stereocenters. The molecule has 0 aliphatic carbocycles. The number of hydrogen-bond acceptors (Lipinski definition) is 3. The number of aryl methyl sites for hydroxylation is 1. The molecule has 0 spiro atoms. The van der Waals surface area contributed by atoms with Gasteiger partial charge in [-0.05, 0) is 42.8 Å². The lowest BCUT2D eigenvalue weighted by molar-refractivity contribution is 0.0703. The van der Waals surface area contributed by atoms with E-state index < -0.39 is 17.6 Å². The van der Waals surface area contributed by atoms with Crippen LogP contribution in [0.5, 0.6) is 0 Å². The molecular formula is C20H15F2NO3S. The molecule has 0 fully saturated rings. The van der Waals surface area contributed by atoms with E-state index in [1.807, 2.05) is 6.92 Å². The van der Waals surface area contributed by atoms with Gasteiger partial charge in [0.15, 0.2) is 0 Å². The maximum Gasteiger partial charge on any atom is 0.348 e. The average molecular weight is 387 g/mol. The van der Waals surface area contributed by atoms with Gasteiger partial charge in [-0.3, -0.25) is 4.79 Å². The first kappa shape index (κ1) is 18.7. The zero-order valence-corrected chi connectivity index (χ0v) is 15.3. The number of aromatic carboxylic acids is 1. The number of carbonyl (C=O) groups is 2. The van der Waals surface area contributed by atoms with Gasteiger partial charge in [-0.1, -0.05) is 17.7 Å². The van der Waals surface area contributed by atoms with Crippen LogP contribution in [0, 0.1) is 18.6 Å². The van der Waals surface area contributed by atoms with Crippen molar-refractivity contribution in [1.82, 2.24) is 0 Å². The van der Waals surface area contributed by atoms with Crippen LogP contribution in [0.2, 0.25) is 0 Å². The quantitative estimate of drug-likeness (QED) is 0.687. The summed E-state index contributed by atoms with van der Waals surface area (Å²) in [5.74, 6) is -3.13. The second-order valence-electron chi connectivity index (χ2n) is 6.02. The van der Waals surface area contributed by atoms with E-state index in [-0.39, 0.29) is 22.0 Å². The zero-order valence-electron chi connectivity index (χ0n) is 14.5. The molecule has 0 saturated heterocycles. The molecule has 2 aromatic carbocycles. The van der Waals surface area contributed by atoms with Crippen LogP contribution in [0.15, 0.2) is 48.5 Å². The summed E-state index contributed by atoms with van der Waals surface area (Å²) in [5, 5.41) is 9.50. The minimum Gasteiger partial charge on any atom is -0.477 e.